The van der Waals surface area contributed by atoms with Crippen LogP contribution in [-0.4, -0.2) is 31.1 Å². The molecule has 1 aromatic heterocycles. The number of halogens is 1. The molecule has 2 aromatic rings. The number of carboxylic acids is 1. The van der Waals surface area contributed by atoms with Crippen molar-refractivity contribution in [2.45, 2.75) is 4.21 Å². The molecule has 0 aliphatic carbocycles. The predicted octanol–water partition coefficient (Wildman–Crippen LogP) is 2.50. The maximum Gasteiger partial charge on any atom is 0.324 e. The van der Waals surface area contributed by atoms with Crippen molar-refractivity contribution in [1.29, 1.82) is 0 Å². The Hall–Kier alpha value is -1.58. The molecule has 2 N–H and O–H groups in total. The Morgan fingerprint density at radius 2 is 1.86 bits per heavy atom. The highest BCUT2D eigenvalue weighted by atomic mass is 79.9. The molecule has 0 unspecified atom stereocenters. The number of rotatable bonds is 5. The lowest BCUT2D eigenvalue weighted by Crippen LogP contribution is -2.35. The third-order valence-corrected chi connectivity index (χ3v) is 6.95. The quantitative estimate of drug-likeness (QED) is 0.816. The van der Waals surface area contributed by atoms with E-state index < -0.39 is 22.5 Å². The number of nitrogens with zero attached hydrogens (tertiary/aromatic N) is 1. The summed E-state index contributed by atoms with van der Waals surface area (Å²) >= 11 is 4.13. The van der Waals surface area contributed by atoms with E-state index in [-0.39, 0.29) is 15.6 Å². The summed E-state index contributed by atoms with van der Waals surface area (Å²) in [5.41, 5.74) is 0.163. The van der Waals surface area contributed by atoms with Gasteiger partial charge in [-0.05, 0) is 51.6 Å². The SMILES string of the molecule is O=C(O)CN(c1ccc(O)cc1)S(=O)(=O)c1sccc1Br. The Labute approximate surface area is 133 Å². The summed E-state index contributed by atoms with van der Waals surface area (Å²) in [6.45, 7) is -0.711. The van der Waals surface area contributed by atoms with Crippen LogP contribution in [-0.2, 0) is 14.8 Å². The van der Waals surface area contributed by atoms with Crippen LogP contribution in [0.1, 0.15) is 0 Å². The first-order valence-electron chi connectivity index (χ1n) is 5.59. The normalized spacial score (nSPS) is 11.3. The number of carboxylic acid groups (broad SMARTS) is 1. The summed E-state index contributed by atoms with van der Waals surface area (Å²) in [4.78, 5) is 11.0. The molecule has 1 heterocycles. The summed E-state index contributed by atoms with van der Waals surface area (Å²) in [6.07, 6.45) is 0. The topological polar surface area (TPSA) is 94.9 Å². The Bertz CT molecular complexity index is 754. The second kappa shape index (κ2) is 6.04. The van der Waals surface area contributed by atoms with Gasteiger partial charge >= 0.3 is 5.97 Å². The van der Waals surface area contributed by atoms with E-state index in [2.05, 4.69) is 15.9 Å². The molecule has 0 saturated carbocycles. The van der Waals surface area contributed by atoms with Crippen molar-refractivity contribution in [1.82, 2.24) is 0 Å². The molecule has 0 amide bonds. The fourth-order valence-corrected chi connectivity index (χ4v) is 5.45. The van der Waals surface area contributed by atoms with Crippen LogP contribution >= 0.6 is 27.3 Å². The van der Waals surface area contributed by atoms with E-state index in [4.69, 9.17) is 5.11 Å². The van der Waals surface area contributed by atoms with Gasteiger partial charge in [0.15, 0.2) is 4.21 Å². The number of hydrogen-bond donors (Lipinski definition) is 2. The summed E-state index contributed by atoms with van der Waals surface area (Å²) in [5.74, 6) is -1.32. The number of thiophene rings is 1. The summed E-state index contributed by atoms with van der Waals surface area (Å²) in [7, 11) is -4.01. The van der Waals surface area contributed by atoms with Crippen LogP contribution < -0.4 is 4.31 Å². The minimum absolute atomic E-state index is 0.0248. The summed E-state index contributed by atoms with van der Waals surface area (Å²) in [6, 6.07) is 6.86. The molecule has 112 valence electrons. The van der Waals surface area contributed by atoms with Crippen molar-refractivity contribution >= 4 is 48.9 Å². The number of sulfonamides is 1. The summed E-state index contributed by atoms with van der Waals surface area (Å²) < 4.78 is 26.4. The van der Waals surface area contributed by atoms with E-state index in [9.17, 15) is 18.3 Å². The number of aromatic hydroxyl groups is 1. The van der Waals surface area contributed by atoms with Gasteiger partial charge in [-0.15, -0.1) is 11.3 Å². The molecule has 0 aliphatic heterocycles. The van der Waals surface area contributed by atoms with Gasteiger partial charge in [0.2, 0.25) is 0 Å². The average molecular weight is 392 g/mol. The molecule has 0 saturated heterocycles. The fourth-order valence-electron chi connectivity index (χ4n) is 1.62. The number of anilines is 1. The molecule has 21 heavy (non-hydrogen) atoms. The summed E-state index contributed by atoms with van der Waals surface area (Å²) in [5, 5.41) is 19.8. The van der Waals surface area contributed by atoms with Crippen LogP contribution in [0.15, 0.2) is 44.4 Å². The molecule has 9 heteroatoms. The Morgan fingerprint density at radius 3 is 2.33 bits per heavy atom. The zero-order valence-corrected chi connectivity index (χ0v) is 13.7. The van der Waals surface area contributed by atoms with Crippen LogP contribution in [0.4, 0.5) is 5.69 Å². The minimum atomic E-state index is -4.01. The highest BCUT2D eigenvalue weighted by Gasteiger charge is 2.29. The van der Waals surface area contributed by atoms with Gasteiger partial charge < -0.3 is 10.2 Å². The number of phenols is 1. The van der Waals surface area contributed by atoms with E-state index in [1.165, 1.54) is 24.3 Å². The van der Waals surface area contributed by atoms with Gasteiger partial charge in [-0.3, -0.25) is 9.10 Å². The van der Waals surface area contributed by atoms with Crippen molar-refractivity contribution in [3.8, 4) is 5.75 Å². The molecule has 6 nitrogen and oxygen atoms in total. The molecule has 0 radical (unpaired) electrons. The number of benzene rings is 1. The minimum Gasteiger partial charge on any atom is -0.508 e. The number of phenolic OH excluding ortho intramolecular Hbond substituents is 1. The monoisotopic (exact) mass is 391 g/mol. The lowest BCUT2D eigenvalue weighted by molar-refractivity contribution is -0.135. The Morgan fingerprint density at radius 1 is 1.24 bits per heavy atom. The molecule has 0 atom stereocenters. The van der Waals surface area contributed by atoms with Gasteiger partial charge in [-0.2, -0.15) is 0 Å². The largest absolute Gasteiger partial charge is 0.508 e. The van der Waals surface area contributed by atoms with Crippen LogP contribution in [0.5, 0.6) is 5.75 Å². The number of carbonyl (C=O) groups is 1. The van der Waals surface area contributed by atoms with Crippen LogP contribution in [0, 0.1) is 0 Å². The van der Waals surface area contributed by atoms with Crippen molar-refractivity contribution in [3.63, 3.8) is 0 Å². The lowest BCUT2D eigenvalue weighted by atomic mass is 10.3. The maximum absolute atomic E-state index is 12.6. The first-order chi connectivity index (χ1) is 9.82. The molecule has 1 aromatic carbocycles. The average Bonchev–Trinajstić information content (AvgIpc) is 2.84. The second-order valence-electron chi connectivity index (χ2n) is 3.98. The fraction of sp³-hybridized carbons (Fsp3) is 0.0833. The molecule has 0 spiro atoms. The van der Waals surface area contributed by atoms with Gasteiger partial charge in [-0.25, -0.2) is 8.42 Å². The molecule has 0 fully saturated rings. The Kier molecular flexibility index (Phi) is 4.55. The molecular formula is C12H10BrNO5S2. The van der Waals surface area contributed by atoms with Crippen molar-refractivity contribution in [2.75, 3.05) is 10.8 Å². The van der Waals surface area contributed by atoms with Gasteiger partial charge in [0.1, 0.15) is 12.3 Å². The van der Waals surface area contributed by atoms with E-state index >= 15 is 0 Å². The lowest BCUT2D eigenvalue weighted by Gasteiger charge is -2.22. The van der Waals surface area contributed by atoms with Crippen molar-refractivity contribution < 1.29 is 23.4 Å². The van der Waals surface area contributed by atoms with Crippen LogP contribution in [0.2, 0.25) is 0 Å². The maximum atomic E-state index is 12.6. The van der Waals surface area contributed by atoms with E-state index in [0.717, 1.165) is 15.6 Å². The van der Waals surface area contributed by atoms with Crippen molar-refractivity contribution in [3.05, 3.63) is 40.2 Å². The van der Waals surface area contributed by atoms with E-state index in [0.29, 0.717) is 4.47 Å². The highest BCUT2D eigenvalue weighted by molar-refractivity contribution is 9.10. The van der Waals surface area contributed by atoms with Crippen molar-refractivity contribution in [2.24, 2.45) is 0 Å². The smallest absolute Gasteiger partial charge is 0.324 e. The molecule has 0 bridgehead atoms. The number of hydrogen-bond acceptors (Lipinski definition) is 5. The van der Waals surface area contributed by atoms with E-state index in [1.807, 2.05) is 0 Å². The standard InChI is InChI=1S/C12H10BrNO5S2/c13-10-5-6-20-12(10)21(18,19)14(7-11(16)17)8-1-3-9(15)4-2-8/h1-6,15H,7H2,(H,16,17). The third-order valence-electron chi connectivity index (χ3n) is 2.53. The highest BCUT2D eigenvalue weighted by Crippen LogP contribution is 2.33. The zero-order valence-electron chi connectivity index (χ0n) is 10.4. The second-order valence-corrected chi connectivity index (χ2v) is 7.81. The van der Waals surface area contributed by atoms with Crippen LogP contribution in [0.3, 0.4) is 0 Å². The van der Waals surface area contributed by atoms with Gasteiger partial charge in [0.25, 0.3) is 10.0 Å². The van der Waals surface area contributed by atoms with Crippen LogP contribution in [0.25, 0.3) is 0 Å². The first kappa shape index (κ1) is 15.8. The molecule has 2 rings (SSSR count). The third kappa shape index (κ3) is 3.36. The van der Waals surface area contributed by atoms with E-state index in [1.54, 1.807) is 11.4 Å². The van der Waals surface area contributed by atoms with Gasteiger partial charge in [0, 0.05) is 4.47 Å². The van der Waals surface area contributed by atoms with Gasteiger partial charge in [0.05, 0.1) is 5.69 Å². The number of aliphatic carboxylic acids is 1. The Balaban J connectivity index is 2.52. The molecule has 0 aliphatic rings. The molecular weight excluding hydrogens is 382 g/mol. The zero-order chi connectivity index (χ0) is 15.6. The first-order valence-corrected chi connectivity index (χ1v) is 8.70. The predicted molar refractivity (Wildman–Crippen MR) is 82.3 cm³/mol. The van der Waals surface area contributed by atoms with Gasteiger partial charge in [-0.1, -0.05) is 0 Å².